The summed E-state index contributed by atoms with van der Waals surface area (Å²) >= 11 is 0. The fourth-order valence-electron chi connectivity index (χ4n) is 9.44. The lowest BCUT2D eigenvalue weighted by molar-refractivity contribution is -0.167. The Morgan fingerprint density at radius 3 is 0.818 bits per heavy atom. The second kappa shape index (κ2) is 65.1. The van der Waals surface area contributed by atoms with E-state index < -0.39 is 6.10 Å². The van der Waals surface area contributed by atoms with E-state index in [9.17, 15) is 14.4 Å². The van der Waals surface area contributed by atoms with Crippen molar-refractivity contribution in [1.82, 2.24) is 0 Å². The lowest BCUT2D eigenvalue weighted by atomic mass is 10.0. The topological polar surface area (TPSA) is 78.9 Å². The van der Waals surface area contributed by atoms with Crippen molar-refractivity contribution in [3.8, 4) is 0 Å². The van der Waals surface area contributed by atoms with E-state index in [1.807, 2.05) is 0 Å². The van der Waals surface area contributed by atoms with E-state index in [-0.39, 0.29) is 31.1 Å². The van der Waals surface area contributed by atoms with E-state index in [4.69, 9.17) is 14.2 Å². The summed E-state index contributed by atoms with van der Waals surface area (Å²) in [4.78, 5) is 38.4. The predicted octanol–water partition coefficient (Wildman–Crippen LogP) is 22.7. The first-order chi connectivity index (χ1) is 38.0. The molecule has 0 aromatic heterocycles. The third-order valence-electron chi connectivity index (χ3n) is 14.4. The van der Waals surface area contributed by atoms with Gasteiger partial charge >= 0.3 is 17.9 Å². The van der Waals surface area contributed by atoms with Crippen molar-refractivity contribution in [3.05, 3.63) is 85.1 Å². The molecule has 0 aromatic rings. The first-order valence-corrected chi connectivity index (χ1v) is 33.1. The first-order valence-electron chi connectivity index (χ1n) is 33.1. The van der Waals surface area contributed by atoms with Gasteiger partial charge in [-0.15, -0.1) is 0 Å². The van der Waals surface area contributed by atoms with Crippen molar-refractivity contribution in [3.63, 3.8) is 0 Å². The largest absolute Gasteiger partial charge is 0.462 e. The Hall–Kier alpha value is -3.41. The van der Waals surface area contributed by atoms with E-state index in [0.717, 1.165) is 103 Å². The molecule has 0 bridgehead atoms. The van der Waals surface area contributed by atoms with Crippen LogP contribution < -0.4 is 0 Å². The van der Waals surface area contributed by atoms with E-state index in [1.165, 1.54) is 186 Å². The number of carbonyl (C=O) groups is 3. The van der Waals surface area contributed by atoms with Gasteiger partial charge in [-0.2, -0.15) is 0 Å². The fourth-order valence-corrected chi connectivity index (χ4v) is 9.44. The summed E-state index contributed by atoms with van der Waals surface area (Å²) < 4.78 is 17.0. The highest BCUT2D eigenvalue weighted by atomic mass is 16.6. The molecule has 6 heteroatoms. The zero-order valence-electron chi connectivity index (χ0n) is 51.0. The van der Waals surface area contributed by atoms with Crippen molar-refractivity contribution < 1.29 is 28.6 Å². The van der Waals surface area contributed by atoms with Crippen molar-refractivity contribution >= 4 is 17.9 Å². The normalized spacial score (nSPS) is 12.6. The molecule has 0 saturated carbocycles. The fraction of sp³-hybridized carbons (Fsp3) is 0.761. The molecule has 77 heavy (non-hydrogen) atoms. The Kier molecular flexibility index (Phi) is 62.2. The van der Waals surface area contributed by atoms with Gasteiger partial charge in [-0.1, -0.05) is 298 Å². The minimum Gasteiger partial charge on any atom is -0.462 e. The zero-order valence-corrected chi connectivity index (χ0v) is 51.0. The molecule has 444 valence electrons. The van der Waals surface area contributed by atoms with Crippen molar-refractivity contribution in [2.24, 2.45) is 0 Å². The average molecular weight is 1070 g/mol. The number of hydrogen-bond acceptors (Lipinski definition) is 6. The molecular formula is C71H124O6. The van der Waals surface area contributed by atoms with Crippen molar-refractivity contribution in [2.45, 2.75) is 335 Å². The number of unbranched alkanes of at least 4 members (excludes halogenated alkanes) is 35. The van der Waals surface area contributed by atoms with Crippen LogP contribution in [0.2, 0.25) is 0 Å². The molecule has 0 N–H and O–H groups in total. The van der Waals surface area contributed by atoms with Crippen molar-refractivity contribution in [1.29, 1.82) is 0 Å². The Bertz CT molecular complexity index is 1470. The molecule has 0 saturated heterocycles. The molecule has 0 spiro atoms. The molecule has 6 nitrogen and oxygen atoms in total. The molecule has 0 heterocycles. The van der Waals surface area contributed by atoms with Gasteiger partial charge in [0.15, 0.2) is 6.10 Å². The minimum absolute atomic E-state index is 0.0787. The lowest BCUT2D eigenvalue weighted by Crippen LogP contribution is -2.30. The third kappa shape index (κ3) is 63.3. The van der Waals surface area contributed by atoms with Crippen LogP contribution in [0.25, 0.3) is 0 Å². The summed E-state index contributed by atoms with van der Waals surface area (Å²) in [5.41, 5.74) is 0. The Morgan fingerprint density at radius 1 is 0.273 bits per heavy atom. The maximum Gasteiger partial charge on any atom is 0.306 e. The number of ether oxygens (including phenoxy) is 3. The van der Waals surface area contributed by atoms with Gasteiger partial charge in [0, 0.05) is 19.3 Å². The standard InChI is InChI=1S/C71H124O6/c1-4-7-10-13-16-19-22-25-28-31-33-34-35-36-38-40-43-46-49-52-55-58-61-64-70(73)76-67-68(66-75-69(72)63-60-57-54-51-48-45-42-39-30-27-24-21-18-15-12-9-6-3)77-71(74)65-62-59-56-53-50-47-44-41-37-32-29-26-23-20-17-14-11-8-5-2/h7,10,16-17,19-20,25-26,28-29,33-34,36,38,68H,4-6,8-9,11-15,18,21-24,27,30-32,35,37,39-67H2,1-3H3/b10-7-,19-16-,20-17-,28-25-,29-26-,34-33-,38-36-. The van der Waals surface area contributed by atoms with Crippen LogP contribution in [0.15, 0.2) is 85.1 Å². The highest BCUT2D eigenvalue weighted by Crippen LogP contribution is 2.17. The lowest BCUT2D eigenvalue weighted by Gasteiger charge is -2.18. The highest BCUT2D eigenvalue weighted by Gasteiger charge is 2.19. The number of esters is 3. The summed E-state index contributed by atoms with van der Waals surface area (Å²) in [6, 6.07) is 0. The quantitative estimate of drug-likeness (QED) is 0.0261. The van der Waals surface area contributed by atoms with Gasteiger partial charge in [-0.3, -0.25) is 14.4 Å². The number of rotatable bonds is 60. The van der Waals surface area contributed by atoms with E-state index in [1.54, 1.807) is 0 Å². The minimum atomic E-state index is -0.784. The number of carbonyl (C=O) groups excluding carboxylic acids is 3. The number of hydrogen-bond donors (Lipinski definition) is 0. The van der Waals surface area contributed by atoms with E-state index in [0.29, 0.717) is 19.3 Å². The second-order valence-corrected chi connectivity index (χ2v) is 22.0. The van der Waals surface area contributed by atoms with Gasteiger partial charge < -0.3 is 14.2 Å². The molecule has 1 atom stereocenters. The monoisotopic (exact) mass is 1070 g/mol. The van der Waals surface area contributed by atoms with Crippen molar-refractivity contribution in [2.75, 3.05) is 13.2 Å². The van der Waals surface area contributed by atoms with Crippen LogP contribution in [0.1, 0.15) is 329 Å². The highest BCUT2D eigenvalue weighted by molar-refractivity contribution is 5.71. The summed E-state index contributed by atoms with van der Waals surface area (Å²) in [7, 11) is 0. The summed E-state index contributed by atoms with van der Waals surface area (Å²) in [6.45, 7) is 6.54. The van der Waals surface area contributed by atoms with Crippen LogP contribution >= 0.6 is 0 Å². The molecule has 0 aliphatic heterocycles. The van der Waals surface area contributed by atoms with Gasteiger partial charge in [0.2, 0.25) is 0 Å². The molecule has 0 aliphatic rings. The van der Waals surface area contributed by atoms with Gasteiger partial charge in [0.25, 0.3) is 0 Å². The van der Waals surface area contributed by atoms with E-state index in [2.05, 4.69) is 106 Å². The smallest absolute Gasteiger partial charge is 0.306 e. The number of allylic oxidation sites excluding steroid dienone is 14. The summed E-state index contributed by atoms with van der Waals surface area (Å²) in [5.74, 6) is -0.878. The van der Waals surface area contributed by atoms with Crippen LogP contribution in [0.3, 0.4) is 0 Å². The molecule has 0 fully saturated rings. The summed E-state index contributed by atoms with van der Waals surface area (Å²) in [5, 5.41) is 0. The molecular weight excluding hydrogens is 949 g/mol. The maximum absolute atomic E-state index is 12.9. The van der Waals surface area contributed by atoms with Gasteiger partial charge in [0.1, 0.15) is 13.2 Å². The maximum atomic E-state index is 12.9. The van der Waals surface area contributed by atoms with Crippen LogP contribution in [-0.4, -0.2) is 37.2 Å². The molecule has 1 unspecified atom stereocenters. The zero-order chi connectivity index (χ0) is 55.7. The Labute approximate surface area is 477 Å². The third-order valence-corrected chi connectivity index (χ3v) is 14.4. The first kappa shape index (κ1) is 73.6. The molecule has 0 aliphatic carbocycles. The second-order valence-electron chi connectivity index (χ2n) is 22.0. The molecule has 0 radical (unpaired) electrons. The Balaban J connectivity index is 4.38. The predicted molar refractivity (Wildman–Crippen MR) is 334 cm³/mol. The molecule has 0 rings (SSSR count). The van der Waals surface area contributed by atoms with Crippen LogP contribution in [0.5, 0.6) is 0 Å². The van der Waals surface area contributed by atoms with Gasteiger partial charge in [-0.05, 0) is 96.3 Å². The van der Waals surface area contributed by atoms with Gasteiger partial charge in [-0.25, -0.2) is 0 Å². The Morgan fingerprint density at radius 2 is 0.506 bits per heavy atom. The van der Waals surface area contributed by atoms with Crippen LogP contribution in [0.4, 0.5) is 0 Å². The molecule has 0 amide bonds. The van der Waals surface area contributed by atoms with Crippen LogP contribution in [-0.2, 0) is 28.6 Å². The van der Waals surface area contributed by atoms with Crippen LogP contribution in [0, 0.1) is 0 Å². The molecule has 0 aromatic carbocycles. The average Bonchev–Trinajstić information content (AvgIpc) is 3.43. The SMILES string of the molecule is CC/C=C\C/C=C\C/C=C\C/C=C\C/C=C\CCCCCCCCCC(=O)OCC(COC(=O)CCCCCCCCCCCCCCCCCCC)OC(=O)CCCCCCCCCCC/C=C\C/C=C\CCCCC. The van der Waals surface area contributed by atoms with E-state index >= 15 is 0 Å². The van der Waals surface area contributed by atoms with Gasteiger partial charge in [0.05, 0.1) is 0 Å². The summed E-state index contributed by atoms with van der Waals surface area (Å²) in [6.07, 6.45) is 85.8.